The summed E-state index contributed by atoms with van der Waals surface area (Å²) < 4.78 is 0. The Kier molecular flexibility index (Phi) is 6.73. The van der Waals surface area contributed by atoms with Gasteiger partial charge in [-0.15, -0.1) is 0 Å². The van der Waals surface area contributed by atoms with Crippen molar-refractivity contribution in [3.05, 3.63) is 35.9 Å². The maximum atomic E-state index is 12.1. The van der Waals surface area contributed by atoms with Gasteiger partial charge in [-0.1, -0.05) is 58.0 Å². The van der Waals surface area contributed by atoms with E-state index < -0.39 is 6.04 Å². The van der Waals surface area contributed by atoms with Crippen LogP contribution >= 0.6 is 0 Å². The minimum absolute atomic E-state index is 0.0554. The highest BCUT2D eigenvalue weighted by Gasteiger charge is 2.20. The van der Waals surface area contributed by atoms with Crippen molar-refractivity contribution in [2.75, 3.05) is 6.54 Å². The molecule has 3 heteroatoms. The van der Waals surface area contributed by atoms with Crippen LogP contribution in [0.15, 0.2) is 30.3 Å². The summed E-state index contributed by atoms with van der Waals surface area (Å²) in [6, 6.07) is 9.42. The Labute approximate surface area is 122 Å². The molecule has 0 aromatic heterocycles. The van der Waals surface area contributed by atoms with Crippen LogP contribution in [0.2, 0.25) is 0 Å². The second kappa shape index (κ2) is 8.05. The van der Waals surface area contributed by atoms with Crippen LogP contribution in [0.1, 0.15) is 33.3 Å². The zero-order chi connectivity index (χ0) is 15.1. The number of hydrogen-bond acceptors (Lipinski definition) is 2. The molecule has 112 valence electrons. The van der Waals surface area contributed by atoms with Crippen LogP contribution in [0, 0.1) is 17.8 Å². The van der Waals surface area contributed by atoms with Crippen molar-refractivity contribution >= 4 is 5.91 Å². The van der Waals surface area contributed by atoms with E-state index in [0.717, 1.165) is 5.56 Å². The summed E-state index contributed by atoms with van der Waals surface area (Å²) in [5.74, 6) is 1.55. The molecular formula is C17H28N2O. The third-order valence-electron chi connectivity index (χ3n) is 3.86. The van der Waals surface area contributed by atoms with E-state index in [1.807, 2.05) is 30.3 Å². The molecule has 1 amide bonds. The van der Waals surface area contributed by atoms with Gasteiger partial charge in [-0.05, 0) is 29.7 Å². The summed E-state index contributed by atoms with van der Waals surface area (Å²) in [7, 11) is 0. The van der Waals surface area contributed by atoms with Crippen molar-refractivity contribution in [1.29, 1.82) is 0 Å². The van der Waals surface area contributed by atoms with Crippen LogP contribution < -0.4 is 11.1 Å². The van der Waals surface area contributed by atoms with E-state index >= 15 is 0 Å². The second-order valence-electron chi connectivity index (χ2n) is 6.19. The summed E-state index contributed by atoms with van der Waals surface area (Å²) in [4.78, 5) is 12.1. The quantitative estimate of drug-likeness (QED) is 0.804. The lowest BCUT2D eigenvalue weighted by Crippen LogP contribution is -2.44. The lowest BCUT2D eigenvalue weighted by Gasteiger charge is -2.25. The first-order chi connectivity index (χ1) is 9.41. The van der Waals surface area contributed by atoms with Crippen molar-refractivity contribution in [2.24, 2.45) is 23.5 Å². The fourth-order valence-corrected chi connectivity index (χ4v) is 2.55. The van der Waals surface area contributed by atoms with Crippen molar-refractivity contribution in [2.45, 2.75) is 40.2 Å². The van der Waals surface area contributed by atoms with Gasteiger partial charge in [0.05, 0.1) is 6.04 Å². The normalized spacial score (nSPS) is 13.0. The van der Waals surface area contributed by atoms with Crippen LogP contribution in [0.5, 0.6) is 0 Å². The van der Waals surface area contributed by atoms with Crippen LogP contribution in [-0.2, 0) is 11.2 Å². The molecule has 0 aliphatic rings. The summed E-state index contributed by atoms with van der Waals surface area (Å²) in [6.45, 7) is 9.49. The van der Waals surface area contributed by atoms with Gasteiger partial charge in [-0.25, -0.2) is 0 Å². The molecule has 20 heavy (non-hydrogen) atoms. The fourth-order valence-electron chi connectivity index (χ4n) is 2.55. The van der Waals surface area contributed by atoms with Crippen LogP contribution in [0.3, 0.4) is 0 Å². The maximum absolute atomic E-state index is 12.1. The van der Waals surface area contributed by atoms with Gasteiger partial charge in [0.2, 0.25) is 5.91 Å². The highest BCUT2D eigenvalue weighted by molar-refractivity contribution is 5.81. The van der Waals surface area contributed by atoms with E-state index in [4.69, 9.17) is 5.73 Å². The molecule has 3 nitrogen and oxygen atoms in total. The number of carbonyl (C=O) groups is 1. The molecule has 0 saturated heterocycles. The average molecular weight is 276 g/mol. The predicted octanol–water partition coefficient (Wildman–Crippen LogP) is 2.60. The zero-order valence-corrected chi connectivity index (χ0v) is 13.1. The lowest BCUT2D eigenvalue weighted by molar-refractivity contribution is -0.122. The minimum Gasteiger partial charge on any atom is -0.354 e. The monoisotopic (exact) mass is 276 g/mol. The maximum Gasteiger partial charge on any atom is 0.237 e. The summed E-state index contributed by atoms with van der Waals surface area (Å²) >= 11 is 0. The highest BCUT2D eigenvalue weighted by atomic mass is 16.2. The van der Waals surface area contributed by atoms with E-state index in [2.05, 4.69) is 33.0 Å². The van der Waals surface area contributed by atoms with Crippen LogP contribution in [0.25, 0.3) is 0 Å². The molecule has 0 radical (unpaired) electrons. The van der Waals surface area contributed by atoms with E-state index in [9.17, 15) is 4.79 Å². The molecule has 1 rings (SSSR count). The third kappa shape index (κ3) is 5.33. The molecule has 0 aliphatic heterocycles. The molecule has 0 fully saturated rings. The predicted molar refractivity (Wildman–Crippen MR) is 84.3 cm³/mol. The molecular weight excluding hydrogens is 248 g/mol. The van der Waals surface area contributed by atoms with E-state index in [-0.39, 0.29) is 5.91 Å². The number of nitrogens with two attached hydrogens (primary N) is 1. The number of amides is 1. The Balaban J connectivity index is 2.46. The molecule has 0 bridgehead atoms. The van der Waals surface area contributed by atoms with E-state index in [0.29, 0.717) is 30.7 Å². The Hall–Kier alpha value is -1.35. The molecule has 0 spiro atoms. The Bertz CT molecular complexity index is 393. The molecule has 0 unspecified atom stereocenters. The molecule has 1 aromatic carbocycles. The van der Waals surface area contributed by atoms with Crippen molar-refractivity contribution in [3.8, 4) is 0 Å². The lowest BCUT2D eigenvalue weighted by atomic mass is 9.85. The number of nitrogens with one attached hydrogen (secondary N) is 1. The smallest absolute Gasteiger partial charge is 0.237 e. The van der Waals surface area contributed by atoms with Gasteiger partial charge in [-0.2, -0.15) is 0 Å². The van der Waals surface area contributed by atoms with E-state index in [1.54, 1.807) is 0 Å². The van der Waals surface area contributed by atoms with Crippen molar-refractivity contribution in [1.82, 2.24) is 5.32 Å². The summed E-state index contributed by atoms with van der Waals surface area (Å²) in [6.07, 6.45) is 0.584. The topological polar surface area (TPSA) is 55.1 Å². The van der Waals surface area contributed by atoms with Gasteiger partial charge in [-0.3, -0.25) is 4.79 Å². The number of hydrogen-bond donors (Lipinski definition) is 2. The average Bonchev–Trinajstić information content (AvgIpc) is 2.38. The Morgan fingerprint density at radius 3 is 2.15 bits per heavy atom. The van der Waals surface area contributed by atoms with E-state index in [1.165, 1.54) is 0 Å². The van der Waals surface area contributed by atoms with Gasteiger partial charge in [0.25, 0.3) is 0 Å². The van der Waals surface area contributed by atoms with Gasteiger partial charge >= 0.3 is 0 Å². The summed E-state index contributed by atoms with van der Waals surface area (Å²) in [5.41, 5.74) is 7.07. The third-order valence-corrected chi connectivity index (χ3v) is 3.86. The number of benzene rings is 1. The zero-order valence-electron chi connectivity index (χ0n) is 13.1. The first-order valence-corrected chi connectivity index (χ1v) is 7.49. The van der Waals surface area contributed by atoms with Gasteiger partial charge in [0, 0.05) is 6.54 Å². The van der Waals surface area contributed by atoms with Gasteiger partial charge < -0.3 is 11.1 Å². The van der Waals surface area contributed by atoms with Crippen molar-refractivity contribution in [3.63, 3.8) is 0 Å². The SMILES string of the molecule is CC(C)C(CNC(=O)[C@H](N)Cc1ccccc1)C(C)C. The fraction of sp³-hybridized carbons (Fsp3) is 0.588. The first kappa shape index (κ1) is 16.7. The molecule has 0 saturated carbocycles. The number of carbonyl (C=O) groups excluding carboxylic acids is 1. The summed E-state index contributed by atoms with van der Waals surface area (Å²) in [5, 5.41) is 3.00. The highest BCUT2D eigenvalue weighted by Crippen LogP contribution is 2.19. The standard InChI is InChI=1S/C17H28N2O/c1-12(2)15(13(3)4)11-19-17(20)16(18)10-14-8-6-5-7-9-14/h5-9,12-13,15-16H,10-11,18H2,1-4H3,(H,19,20)/t16-/m1/s1. The van der Waals surface area contributed by atoms with Gasteiger partial charge in [0.1, 0.15) is 0 Å². The largest absolute Gasteiger partial charge is 0.354 e. The van der Waals surface area contributed by atoms with Gasteiger partial charge in [0.15, 0.2) is 0 Å². The minimum atomic E-state index is -0.475. The molecule has 1 atom stereocenters. The molecule has 3 N–H and O–H groups in total. The van der Waals surface area contributed by atoms with Crippen molar-refractivity contribution < 1.29 is 4.79 Å². The Morgan fingerprint density at radius 1 is 1.10 bits per heavy atom. The molecule has 0 aliphatic carbocycles. The number of rotatable bonds is 7. The first-order valence-electron chi connectivity index (χ1n) is 7.49. The molecule has 0 heterocycles. The second-order valence-corrected chi connectivity index (χ2v) is 6.19. The van der Waals surface area contributed by atoms with Crippen LogP contribution in [0.4, 0.5) is 0 Å². The Morgan fingerprint density at radius 2 is 1.65 bits per heavy atom. The van der Waals surface area contributed by atoms with Crippen LogP contribution in [-0.4, -0.2) is 18.5 Å². The molecule has 1 aromatic rings.